The van der Waals surface area contributed by atoms with Crippen molar-refractivity contribution >= 4 is 28.3 Å². The molecule has 0 fully saturated rings. The summed E-state index contributed by atoms with van der Waals surface area (Å²) in [6, 6.07) is 5.85. The molecule has 1 aliphatic rings. The van der Waals surface area contributed by atoms with Crippen molar-refractivity contribution in [1.82, 2.24) is 4.57 Å². The maximum absolute atomic E-state index is 12.5. The van der Waals surface area contributed by atoms with Crippen molar-refractivity contribution in [3.8, 4) is 0 Å². The molecule has 1 aromatic heterocycles. The lowest BCUT2D eigenvalue weighted by molar-refractivity contribution is 0.0899. The van der Waals surface area contributed by atoms with Crippen LogP contribution in [0.25, 0.3) is 10.9 Å². The average molecular weight is 262 g/mol. The van der Waals surface area contributed by atoms with E-state index in [1.165, 1.54) is 5.56 Å². The fourth-order valence-electron chi connectivity index (χ4n) is 3.04. The number of ketones is 1. The lowest BCUT2D eigenvalue weighted by Gasteiger charge is -2.13. The van der Waals surface area contributed by atoms with Gasteiger partial charge in [-0.3, -0.25) is 4.79 Å². The van der Waals surface area contributed by atoms with Gasteiger partial charge in [-0.15, -0.1) is 0 Å². The molecule has 94 valence electrons. The molecule has 0 N–H and O–H groups in total. The molecule has 2 nitrogen and oxygen atoms in total. The highest BCUT2D eigenvalue weighted by molar-refractivity contribution is 6.31. The first-order chi connectivity index (χ1) is 8.50. The second kappa shape index (κ2) is 3.86. The van der Waals surface area contributed by atoms with Gasteiger partial charge in [0.2, 0.25) is 0 Å². The van der Waals surface area contributed by atoms with Crippen LogP contribution in [-0.4, -0.2) is 10.4 Å². The lowest BCUT2D eigenvalue weighted by Crippen LogP contribution is -2.17. The van der Waals surface area contributed by atoms with Gasteiger partial charge in [-0.05, 0) is 36.1 Å². The summed E-state index contributed by atoms with van der Waals surface area (Å²) >= 11 is 6.07. The number of hydrogen-bond acceptors (Lipinski definition) is 1. The molecular formula is C15H16ClNO. The molecule has 0 saturated carbocycles. The van der Waals surface area contributed by atoms with Crippen LogP contribution in [0.3, 0.4) is 0 Å². The zero-order chi connectivity index (χ0) is 13.0. The second-order valence-electron chi connectivity index (χ2n) is 5.47. The number of aryl methyl sites for hydroxylation is 1. The largest absolute Gasteiger partial charge is 0.341 e. The predicted molar refractivity (Wildman–Crippen MR) is 74.3 cm³/mol. The van der Waals surface area contributed by atoms with Gasteiger partial charge in [-0.1, -0.05) is 25.4 Å². The van der Waals surface area contributed by atoms with Crippen LogP contribution in [0.4, 0.5) is 0 Å². The second-order valence-corrected chi connectivity index (χ2v) is 5.90. The highest BCUT2D eigenvalue weighted by atomic mass is 35.5. The normalized spacial score (nSPS) is 18.9. The minimum Gasteiger partial charge on any atom is -0.341 e. The predicted octanol–water partition coefficient (Wildman–Crippen LogP) is 3.84. The van der Waals surface area contributed by atoms with Gasteiger partial charge in [0.15, 0.2) is 5.78 Å². The Morgan fingerprint density at radius 2 is 2.11 bits per heavy atom. The SMILES string of the molecule is CC(C)[C@H]1Cc2c(n(C)c3ccc(Cl)cc23)C1=O. The molecule has 3 rings (SSSR count). The number of Topliss-reactive ketones (excluding diaryl/α,β-unsaturated/α-hetero) is 1. The first-order valence-electron chi connectivity index (χ1n) is 6.31. The van der Waals surface area contributed by atoms with Crippen LogP contribution < -0.4 is 0 Å². The van der Waals surface area contributed by atoms with Crippen LogP contribution >= 0.6 is 11.6 Å². The van der Waals surface area contributed by atoms with E-state index in [4.69, 9.17) is 11.6 Å². The van der Waals surface area contributed by atoms with Crippen molar-refractivity contribution in [1.29, 1.82) is 0 Å². The summed E-state index contributed by atoms with van der Waals surface area (Å²) in [5.74, 6) is 0.804. The van der Waals surface area contributed by atoms with Crippen LogP contribution in [0.2, 0.25) is 5.02 Å². The topological polar surface area (TPSA) is 22.0 Å². The summed E-state index contributed by atoms with van der Waals surface area (Å²) in [7, 11) is 1.97. The number of carbonyl (C=O) groups is 1. The first kappa shape index (κ1) is 11.8. The van der Waals surface area contributed by atoms with Crippen LogP contribution in [0.5, 0.6) is 0 Å². The van der Waals surface area contributed by atoms with Gasteiger partial charge < -0.3 is 4.57 Å². The highest BCUT2D eigenvalue weighted by Gasteiger charge is 2.36. The minimum atomic E-state index is 0.129. The molecule has 0 spiro atoms. The van der Waals surface area contributed by atoms with Crippen molar-refractivity contribution in [3.63, 3.8) is 0 Å². The zero-order valence-corrected chi connectivity index (χ0v) is 11.6. The number of hydrogen-bond donors (Lipinski definition) is 0. The van der Waals surface area contributed by atoms with Crippen LogP contribution in [0.15, 0.2) is 18.2 Å². The summed E-state index contributed by atoms with van der Waals surface area (Å²) in [4.78, 5) is 12.5. The van der Waals surface area contributed by atoms with Crippen molar-refractivity contribution in [2.45, 2.75) is 20.3 Å². The van der Waals surface area contributed by atoms with Crippen LogP contribution in [0.1, 0.15) is 29.9 Å². The molecule has 1 aliphatic carbocycles. The Morgan fingerprint density at radius 1 is 1.39 bits per heavy atom. The van der Waals surface area contributed by atoms with E-state index in [1.807, 2.05) is 29.8 Å². The molecule has 0 unspecified atom stereocenters. The minimum absolute atomic E-state index is 0.129. The van der Waals surface area contributed by atoms with Gasteiger partial charge in [0.05, 0.1) is 5.69 Å². The third-order valence-electron chi connectivity index (χ3n) is 4.07. The van der Waals surface area contributed by atoms with Crippen LogP contribution in [-0.2, 0) is 13.5 Å². The van der Waals surface area contributed by atoms with E-state index in [0.29, 0.717) is 5.92 Å². The van der Waals surface area contributed by atoms with Crippen LogP contribution in [0, 0.1) is 11.8 Å². The number of carbonyl (C=O) groups excluding carboxylic acids is 1. The smallest absolute Gasteiger partial charge is 0.183 e. The number of fused-ring (bicyclic) bond motifs is 3. The summed E-state index contributed by atoms with van der Waals surface area (Å²) in [6.07, 6.45) is 0.851. The molecule has 3 heteroatoms. The molecule has 0 saturated heterocycles. The number of rotatable bonds is 1. The fraction of sp³-hybridized carbons (Fsp3) is 0.400. The van der Waals surface area contributed by atoms with E-state index in [2.05, 4.69) is 13.8 Å². The highest BCUT2D eigenvalue weighted by Crippen LogP contribution is 2.38. The monoisotopic (exact) mass is 261 g/mol. The van der Waals surface area contributed by atoms with Gasteiger partial charge in [0, 0.05) is 28.9 Å². The molecule has 0 amide bonds. The van der Waals surface area contributed by atoms with Crippen molar-refractivity contribution in [3.05, 3.63) is 34.5 Å². The summed E-state index contributed by atoms with van der Waals surface area (Å²) < 4.78 is 2.02. The fourth-order valence-corrected chi connectivity index (χ4v) is 3.21. The molecular weight excluding hydrogens is 246 g/mol. The third-order valence-corrected chi connectivity index (χ3v) is 4.30. The number of benzene rings is 1. The van der Waals surface area contributed by atoms with E-state index in [0.717, 1.165) is 28.0 Å². The van der Waals surface area contributed by atoms with Crippen molar-refractivity contribution < 1.29 is 4.79 Å². The van der Waals surface area contributed by atoms with E-state index in [1.54, 1.807) is 0 Å². The third kappa shape index (κ3) is 1.45. The maximum Gasteiger partial charge on any atom is 0.183 e. The van der Waals surface area contributed by atoms with Gasteiger partial charge in [0.1, 0.15) is 0 Å². The van der Waals surface area contributed by atoms with E-state index < -0.39 is 0 Å². The Balaban J connectivity index is 2.27. The van der Waals surface area contributed by atoms with Gasteiger partial charge in [0.25, 0.3) is 0 Å². The summed E-state index contributed by atoms with van der Waals surface area (Å²) in [6.45, 7) is 4.23. The van der Waals surface area contributed by atoms with E-state index >= 15 is 0 Å². The molecule has 0 aliphatic heterocycles. The van der Waals surface area contributed by atoms with E-state index in [-0.39, 0.29) is 11.7 Å². The zero-order valence-electron chi connectivity index (χ0n) is 10.8. The van der Waals surface area contributed by atoms with Gasteiger partial charge in [-0.25, -0.2) is 0 Å². The molecule has 1 atom stereocenters. The maximum atomic E-state index is 12.5. The van der Waals surface area contributed by atoms with E-state index in [9.17, 15) is 4.79 Å². The molecule has 0 bridgehead atoms. The number of aromatic nitrogens is 1. The molecule has 18 heavy (non-hydrogen) atoms. The molecule has 1 aromatic carbocycles. The Morgan fingerprint density at radius 3 is 2.78 bits per heavy atom. The molecule has 2 aromatic rings. The van der Waals surface area contributed by atoms with Crippen molar-refractivity contribution in [2.24, 2.45) is 18.9 Å². The molecule has 0 radical (unpaired) electrons. The number of nitrogens with zero attached hydrogens (tertiary/aromatic N) is 1. The summed E-state index contributed by atoms with van der Waals surface area (Å²) in [5, 5.41) is 1.87. The summed E-state index contributed by atoms with van der Waals surface area (Å²) in [5.41, 5.74) is 3.16. The Bertz CT molecular complexity index is 654. The van der Waals surface area contributed by atoms with Gasteiger partial charge >= 0.3 is 0 Å². The van der Waals surface area contributed by atoms with Crippen molar-refractivity contribution in [2.75, 3.05) is 0 Å². The average Bonchev–Trinajstić information content (AvgIpc) is 2.77. The first-order valence-corrected chi connectivity index (χ1v) is 6.69. The van der Waals surface area contributed by atoms with Gasteiger partial charge in [-0.2, -0.15) is 0 Å². The quantitative estimate of drug-likeness (QED) is 0.764. The Labute approximate surface area is 112 Å². The molecule has 1 heterocycles. The number of halogens is 1. The Kier molecular flexibility index (Phi) is 2.53. The Hall–Kier alpha value is -1.28. The lowest BCUT2D eigenvalue weighted by atomic mass is 9.92. The standard InChI is InChI=1S/C15H16ClNO/c1-8(2)10-7-12-11-6-9(16)4-5-13(11)17(3)14(12)15(10)18/h4-6,8,10H,7H2,1-3H3/t10-/m1/s1.